The minimum absolute atomic E-state index is 0. The first-order chi connectivity index (χ1) is 15.7. The Labute approximate surface area is 215 Å². The highest BCUT2D eigenvalue weighted by molar-refractivity contribution is 14.0. The second-order valence-corrected chi connectivity index (χ2v) is 8.19. The van der Waals surface area contributed by atoms with Gasteiger partial charge in [-0.1, -0.05) is 42.5 Å². The van der Waals surface area contributed by atoms with E-state index in [1.165, 1.54) is 5.56 Å². The lowest BCUT2D eigenvalue weighted by Gasteiger charge is -2.36. The van der Waals surface area contributed by atoms with Crippen LogP contribution in [0, 0.1) is 0 Å². The van der Waals surface area contributed by atoms with Gasteiger partial charge < -0.3 is 25.2 Å². The summed E-state index contributed by atoms with van der Waals surface area (Å²) < 4.78 is 11.3. The summed E-state index contributed by atoms with van der Waals surface area (Å²) in [7, 11) is 0. The average molecular weight is 568 g/mol. The van der Waals surface area contributed by atoms with Gasteiger partial charge >= 0.3 is 0 Å². The van der Waals surface area contributed by atoms with Crippen molar-refractivity contribution in [3.05, 3.63) is 65.7 Å². The summed E-state index contributed by atoms with van der Waals surface area (Å²) in [5, 5.41) is 17.1. The van der Waals surface area contributed by atoms with E-state index in [4.69, 9.17) is 14.5 Å². The van der Waals surface area contributed by atoms with Crippen molar-refractivity contribution in [3.8, 4) is 5.75 Å². The fourth-order valence-electron chi connectivity index (χ4n) is 4.11. The van der Waals surface area contributed by atoms with Crippen molar-refractivity contribution in [2.75, 3.05) is 39.5 Å². The Morgan fingerprint density at radius 3 is 2.39 bits per heavy atom. The molecule has 1 saturated heterocycles. The van der Waals surface area contributed by atoms with Crippen molar-refractivity contribution < 1.29 is 14.6 Å². The van der Waals surface area contributed by atoms with E-state index in [-0.39, 0.29) is 29.4 Å². The number of hydrogen-bond acceptors (Lipinski definition) is 4. The molecule has 0 aliphatic carbocycles. The molecule has 3 N–H and O–H groups in total. The molecule has 7 heteroatoms. The minimum Gasteiger partial charge on any atom is -0.494 e. The molecule has 2 aromatic carbocycles. The predicted molar refractivity (Wildman–Crippen MR) is 145 cm³/mol. The monoisotopic (exact) mass is 567 g/mol. The van der Waals surface area contributed by atoms with Crippen molar-refractivity contribution in [2.24, 2.45) is 4.99 Å². The number of benzene rings is 2. The van der Waals surface area contributed by atoms with E-state index in [1.807, 2.05) is 49.4 Å². The topological polar surface area (TPSA) is 75.1 Å². The van der Waals surface area contributed by atoms with Crippen molar-refractivity contribution >= 4 is 29.9 Å². The molecule has 182 valence electrons. The molecule has 0 spiro atoms. The molecule has 0 amide bonds. The molecule has 1 aliphatic heterocycles. The van der Waals surface area contributed by atoms with E-state index in [0.29, 0.717) is 26.1 Å². The average Bonchev–Trinajstić information content (AvgIpc) is 2.84. The number of ether oxygens (including phenoxy) is 2. The van der Waals surface area contributed by atoms with Crippen LogP contribution in [0.3, 0.4) is 0 Å². The number of nitrogens with zero attached hydrogens (tertiary/aromatic N) is 1. The highest BCUT2D eigenvalue weighted by Crippen LogP contribution is 2.36. The summed E-state index contributed by atoms with van der Waals surface area (Å²) in [5.74, 6) is 1.68. The van der Waals surface area contributed by atoms with E-state index in [2.05, 4.69) is 29.7 Å². The Hall–Kier alpha value is -1.84. The maximum Gasteiger partial charge on any atom is 0.191 e. The van der Waals surface area contributed by atoms with Crippen LogP contribution in [-0.2, 0) is 10.2 Å². The Kier molecular flexibility index (Phi) is 12.0. The van der Waals surface area contributed by atoms with Crippen molar-refractivity contribution in [3.63, 3.8) is 0 Å². The highest BCUT2D eigenvalue weighted by Gasteiger charge is 2.34. The molecule has 1 aliphatic rings. The van der Waals surface area contributed by atoms with Crippen LogP contribution in [0.2, 0.25) is 0 Å². The molecule has 0 radical (unpaired) electrons. The molecule has 1 heterocycles. The third-order valence-corrected chi connectivity index (χ3v) is 6.01. The van der Waals surface area contributed by atoms with Crippen LogP contribution in [0.1, 0.15) is 50.3 Å². The zero-order chi connectivity index (χ0) is 22.7. The largest absolute Gasteiger partial charge is 0.494 e. The van der Waals surface area contributed by atoms with Crippen LogP contribution >= 0.6 is 24.0 Å². The van der Waals surface area contributed by atoms with Gasteiger partial charge in [0.05, 0.1) is 19.3 Å². The normalized spacial score (nSPS) is 16.4. The highest BCUT2D eigenvalue weighted by atomic mass is 127. The van der Waals surface area contributed by atoms with Gasteiger partial charge in [0.15, 0.2) is 5.96 Å². The van der Waals surface area contributed by atoms with Gasteiger partial charge in [-0.25, -0.2) is 0 Å². The quantitative estimate of drug-likeness (QED) is 0.225. The van der Waals surface area contributed by atoms with Crippen LogP contribution in [0.4, 0.5) is 0 Å². The smallest absolute Gasteiger partial charge is 0.191 e. The third-order valence-electron chi connectivity index (χ3n) is 6.01. The fraction of sp³-hybridized carbons (Fsp3) is 0.500. The van der Waals surface area contributed by atoms with Gasteiger partial charge in [0.2, 0.25) is 0 Å². The Bertz CT molecular complexity index is 824. The molecule has 1 atom stereocenters. The number of halogens is 1. The number of rotatable bonds is 10. The van der Waals surface area contributed by atoms with Crippen LogP contribution in [0.25, 0.3) is 0 Å². The first kappa shape index (κ1) is 27.4. The molecular weight excluding hydrogens is 529 g/mol. The number of aliphatic hydroxyl groups is 1. The van der Waals surface area contributed by atoms with Gasteiger partial charge in [-0.05, 0) is 56.4 Å². The first-order valence-corrected chi connectivity index (χ1v) is 11.7. The molecule has 0 saturated carbocycles. The minimum atomic E-state index is -0.489. The molecule has 2 aromatic rings. The van der Waals surface area contributed by atoms with Gasteiger partial charge in [-0.15, -0.1) is 24.0 Å². The molecule has 1 unspecified atom stereocenters. The van der Waals surface area contributed by atoms with E-state index < -0.39 is 6.10 Å². The van der Waals surface area contributed by atoms with Crippen LogP contribution < -0.4 is 15.4 Å². The lowest BCUT2D eigenvalue weighted by Crippen LogP contribution is -2.41. The SMILES string of the molecule is CCNC(=NCC1(c2ccc(OCC)cc2)CCOCC1)NCCC(O)c1ccccc1.I. The van der Waals surface area contributed by atoms with E-state index >= 15 is 0 Å². The van der Waals surface area contributed by atoms with Crippen LogP contribution in [0.5, 0.6) is 5.75 Å². The van der Waals surface area contributed by atoms with E-state index in [1.54, 1.807) is 0 Å². The van der Waals surface area contributed by atoms with Crippen LogP contribution in [-0.4, -0.2) is 50.5 Å². The molecule has 6 nitrogen and oxygen atoms in total. The van der Waals surface area contributed by atoms with E-state index in [9.17, 15) is 5.11 Å². The third kappa shape index (κ3) is 8.15. The maximum atomic E-state index is 10.4. The van der Waals surface area contributed by atoms with Crippen molar-refractivity contribution in [2.45, 2.75) is 44.6 Å². The lowest BCUT2D eigenvalue weighted by molar-refractivity contribution is 0.0531. The fourth-order valence-corrected chi connectivity index (χ4v) is 4.11. The lowest BCUT2D eigenvalue weighted by atomic mass is 9.74. The number of hydrogen-bond donors (Lipinski definition) is 3. The second kappa shape index (κ2) is 14.4. The number of aliphatic imine (C=N–C) groups is 1. The summed E-state index contributed by atoms with van der Waals surface area (Å²) in [6, 6.07) is 18.2. The summed E-state index contributed by atoms with van der Waals surface area (Å²) in [6.07, 6.45) is 2.01. The molecule has 33 heavy (non-hydrogen) atoms. The molecule has 0 bridgehead atoms. The predicted octanol–water partition coefficient (Wildman–Crippen LogP) is 4.43. The number of guanidine groups is 1. The molecule has 0 aromatic heterocycles. The summed E-state index contributed by atoms with van der Waals surface area (Å²) in [4.78, 5) is 4.94. The summed E-state index contributed by atoms with van der Waals surface area (Å²) >= 11 is 0. The molecular formula is C26H38IN3O3. The second-order valence-electron chi connectivity index (χ2n) is 8.19. The Morgan fingerprint density at radius 1 is 1.06 bits per heavy atom. The summed E-state index contributed by atoms with van der Waals surface area (Å²) in [5.41, 5.74) is 2.17. The molecule has 1 fully saturated rings. The maximum absolute atomic E-state index is 10.4. The zero-order valence-electron chi connectivity index (χ0n) is 19.8. The zero-order valence-corrected chi connectivity index (χ0v) is 22.1. The first-order valence-electron chi connectivity index (χ1n) is 11.7. The standard InChI is InChI=1S/C26H37N3O3.HI/c1-3-27-25(28-17-14-24(30)21-8-6-5-7-9-21)29-20-26(15-18-31-19-16-26)22-10-12-23(13-11-22)32-4-2;/h5-13,24,30H,3-4,14-20H2,1-2H3,(H2,27,28,29);1H. The van der Waals surface area contributed by atoms with Gasteiger partial charge in [-0.2, -0.15) is 0 Å². The number of nitrogens with one attached hydrogen (secondary N) is 2. The van der Waals surface area contributed by atoms with Crippen molar-refractivity contribution in [1.82, 2.24) is 10.6 Å². The van der Waals surface area contributed by atoms with Crippen molar-refractivity contribution in [1.29, 1.82) is 0 Å². The van der Waals surface area contributed by atoms with Gasteiger partial charge in [-0.3, -0.25) is 4.99 Å². The Balaban J connectivity index is 0.00000385. The van der Waals surface area contributed by atoms with Crippen LogP contribution in [0.15, 0.2) is 59.6 Å². The van der Waals surface area contributed by atoms with Gasteiger partial charge in [0.25, 0.3) is 0 Å². The summed E-state index contributed by atoms with van der Waals surface area (Å²) in [6.45, 7) is 8.32. The molecule has 3 rings (SSSR count). The van der Waals surface area contributed by atoms with Gasteiger partial charge in [0, 0.05) is 31.7 Å². The number of aliphatic hydroxyl groups excluding tert-OH is 1. The van der Waals surface area contributed by atoms with Gasteiger partial charge in [0.1, 0.15) is 5.75 Å². The van der Waals surface area contributed by atoms with E-state index in [0.717, 1.165) is 49.9 Å². The Morgan fingerprint density at radius 2 is 1.76 bits per heavy atom.